The first kappa shape index (κ1) is 73.2. The van der Waals surface area contributed by atoms with Crippen molar-refractivity contribution in [3.63, 3.8) is 0 Å². The Morgan fingerprint density at radius 3 is 1.14 bits per heavy atom. The second-order valence-electron chi connectivity index (χ2n) is 21.7. The summed E-state index contributed by atoms with van der Waals surface area (Å²) in [5.41, 5.74) is 0. The molecule has 6 atom stereocenters. The van der Waals surface area contributed by atoms with Gasteiger partial charge < -0.3 is 39.0 Å². The normalized spacial score (nSPS) is 18.3. The first-order valence-electron chi connectivity index (χ1n) is 31.9. The molecule has 0 aromatic rings. The monoisotopic (exact) mass is 1110 g/mol. The fraction of sp³-hybridized carbons (Fsp3) is 0.761. The maximum Gasteiger partial charge on any atom is 0.335 e. The van der Waals surface area contributed by atoms with E-state index in [2.05, 4.69) is 93.7 Å². The highest BCUT2D eigenvalue weighted by Crippen LogP contribution is 2.26. The zero-order valence-electron chi connectivity index (χ0n) is 50.1. The van der Waals surface area contributed by atoms with Crippen LogP contribution < -0.4 is 0 Å². The van der Waals surface area contributed by atoms with E-state index in [9.17, 15) is 34.5 Å². The lowest BCUT2D eigenvalue weighted by molar-refractivity contribution is -0.301. The molecule has 454 valence electrons. The van der Waals surface area contributed by atoms with Crippen LogP contribution in [0.15, 0.2) is 72.9 Å². The van der Waals surface area contributed by atoms with Crippen LogP contribution in [0.2, 0.25) is 0 Å². The van der Waals surface area contributed by atoms with Gasteiger partial charge in [-0.3, -0.25) is 14.4 Å². The number of allylic oxidation sites excluding steroid dienone is 12. The molecule has 12 nitrogen and oxygen atoms in total. The predicted molar refractivity (Wildman–Crippen MR) is 322 cm³/mol. The molecule has 12 heteroatoms. The van der Waals surface area contributed by atoms with E-state index >= 15 is 0 Å². The van der Waals surface area contributed by atoms with Crippen molar-refractivity contribution in [2.45, 2.75) is 314 Å². The van der Waals surface area contributed by atoms with Gasteiger partial charge in [0.05, 0.1) is 6.61 Å². The van der Waals surface area contributed by atoms with Gasteiger partial charge in [-0.1, -0.05) is 216 Å². The number of hydrogen-bond donors (Lipinski definition) is 3. The molecule has 0 amide bonds. The highest BCUT2D eigenvalue weighted by Gasteiger charge is 2.50. The molecule has 1 aliphatic rings. The minimum absolute atomic E-state index is 0.0512. The molecule has 0 spiro atoms. The third-order valence-electron chi connectivity index (χ3n) is 14.2. The van der Waals surface area contributed by atoms with Crippen LogP contribution in [0.4, 0.5) is 0 Å². The van der Waals surface area contributed by atoms with Crippen LogP contribution >= 0.6 is 0 Å². The van der Waals surface area contributed by atoms with E-state index in [4.69, 9.17) is 23.7 Å². The van der Waals surface area contributed by atoms with E-state index in [0.717, 1.165) is 128 Å². The van der Waals surface area contributed by atoms with Crippen molar-refractivity contribution < 1.29 is 58.2 Å². The van der Waals surface area contributed by atoms with Crippen LogP contribution in [-0.2, 0) is 42.9 Å². The van der Waals surface area contributed by atoms with E-state index in [1.807, 2.05) is 0 Å². The maximum absolute atomic E-state index is 13.2. The molecule has 79 heavy (non-hydrogen) atoms. The molecule has 1 heterocycles. The van der Waals surface area contributed by atoms with Crippen molar-refractivity contribution in [3.8, 4) is 0 Å². The van der Waals surface area contributed by atoms with Gasteiger partial charge >= 0.3 is 23.9 Å². The highest BCUT2D eigenvalue weighted by atomic mass is 16.7. The lowest BCUT2D eigenvalue weighted by atomic mass is 9.98. The Balaban J connectivity index is 2.67. The van der Waals surface area contributed by atoms with E-state index < -0.39 is 67.3 Å². The average molecular weight is 1110 g/mol. The van der Waals surface area contributed by atoms with Gasteiger partial charge in [-0.2, -0.15) is 0 Å². The summed E-state index contributed by atoms with van der Waals surface area (Å²) in [6.45, 7) is 5.91. The summed E-state index contributed by atoms with van der Waals surface area (Å²) < 4.78 is 28.5. The molecule has 1 fully saturated rings. The molecule has 0 bridgehead atoms. The first-order valence-corrected chi connectivity index (χ1v) is 31.9. The van der Waals surface area contributed by atoms with Crippen molar-refractivity contribution in [2.24, 2.45) is 0 Å². The zero-order valence-corrected chi connectivity index (χ0v) is 50.1. The average Bonchev–Trinajstić information content (AvgIpc) is 3.44. The van der Waals surface area contributed by atoms with Gasteiger partial charge in [0, 0.05) is 19.3 Å². The highest BCUT2D eigenvalue weighted by molar-refractivity contribution is 5.74. The first-order chi connectivity index (χ1) is 38.6. The van der Waals surface area contributed by atoms with Crippen LogP contribution in [0, 0.1) is 0 Å². The second-order valence-corrected chi connectivity index (χ2v) is 21.7. The molecule has 0 aromatic heterocycles. The minimum atomic E-state index is -1.91. The lowest BCUT2D eigenvalue weighted by Crippen LogP contribution is -2.61. The number of unbranched alkanes of at least 4 members (excludes halogenated alkanes) is 28. The summed E-state index contributed by atoms with van der Waals surface area (Å²) in [5, 5.41) is 31.6. The topological polar surface area (TPSA) is 175 Å². The minimum Gasteiger partial charge on any atom is -0.479 e. The number of aliphatic hydroxyl groups is 2. The summed E-state index contributed by atoms with van der Waals surface area (Å²) in [7, 11) is 0. The number of carbonyl (C=O) groups excluding carboxylic acids is 3. The summed E-state index contributed by atoms with van der Waals surface area (Å²) in [4.78, 5) is 51.3. The number of aliphatic carboxylic acids is 1. The van der Waals surface area contributed by atoms with Crippen LogP contribution in [-0.4, -0.2) is 89.2 Å². The molecule has 0 radical (unpaired) electrons. The molecule has 0 saturated carbocycles. The Morgan fingerprint density at radius 2 is 0.759 bits per heavy atom. The van der Waals surface area contributed by atoms with E-state index in [0.29, 0.717) is 19.3 Å². The van der Waals surface area contributed by atoms with Crippen molar-refractivity contribution in [2.75, 3.05) is 13.2 Å². The summed E-state index contributed by atoms with van der Waals surface area (Å²) in [6, 6.07) is 0. The SMILES string of the molecule is CCCCC/C=C\C/C=C\CCCCCCCCCCCC(=O)OC1C(OCC(COC(=O)CCCCCCC/C=C\C/C=C\CCCCC)OC(=O)CCCCCCC/C=C\C/C=C\CCCCC)OC(C(=O)O)C(O)C1O. The van der Waals surface area contributed by atoms with E-state index in [1.54, 1.807) is 0 Å². The number of hydrogen-bond acceptors (Lipinski definition) is 11. The summed E-state index contributed by atoms with van der Waals surface area (Å²) in [6.07, 6.45) is 57.1. The summed E-state index contributed by atoms with van der Waals surface area (Å²) >= 11 is 0. The number of rotatable bonds is 54. The predicted octanol–water partition coefficient (Wildman–Crippen LogP) is 16.9. The maximum atomic E-state index is 13.2. The van der Waals surface area contributed by atoms with Gasteiger partial charge in [-0.05, 0) is 116 Å². The van der Waals surface area contributed by atoms with Crippen molar-refractivity contribution in [1.82, 2.24) is 0 Å². The molecule has 0 aromatic carbocycles. The smallest absolute Gasteiger partial charge is 0.335 e. The zero-order chi connectivity index (χ0) is 57.5. The Bertz CT molecular complexity index is 1650. The number of carbonyl (C=O) groups is 4. The molecular weight excluding hydrogens is 997 g/mol. The van der Waals surface area contributed by atoms with Crippen molar-refractivity contribution in [1.29, 1.82) is 0 Å². The molecule has 0 aliphatic carbocycles. The number of esters is 3. The Kier molecular flexibility index (Phi) is 50.7. The van der Waals surface area contributed by atoms with Gasteiger partial charge in [0.15, 0.2) is 24.6 Å². The largest absolute Gasteiger partial charge is 0.479 e. The number of carboxylic acids is 1. The fourth-order valence-electron chi connectivity index (χ4n) is 9.28. The van der Waals surface area contributed by atoms with Gasteiger partial charge in [0.1, 0.15) is 18.8 Å². The standard InChI is InChI=1S/C67H114O12/c1-4-7-10-13-16-19-22-25-28-29-30-31-34-37-40-43-46-49-52-55-61(70)78-65-63(72)62(71)64(66(73)74)79-67(65)76-57-58(77-60(69)54-51-48-45-42-39-36-33-27-24-21-18-15-12-9-6-3)56-75-59(68)53-50-47-44-41-38-35-32-26-23-20-17-14-11-8-5-2/h16-21,25-28,32-33,58,62-65,67,71-72H,4-15,22-24,29-31,34-57H2,1-3H3,(H,73,74)/b19-16-,20-17-,21-18-,28-25-,32-26-,33-27-. The van der Waals surface area contributed by atoms with Gasteiger partial charge in [0.25, 0.3) is 0 Å². The molecule has 1 rings (SSSR count). The number of ether oxygens (including phenoxy) is 5. The van der Waals surface area contributed by atoms with Gasteiger partial charge in [0.2, 0.25) is 0 Å². The van der Waals surface area contributed by atoms with Gasteiger partial charge in [-0.15, -0.1) is 0 Å². The number of aliphatic hydroxyl groups excluding tert-OH is 2. The second kappa shape index (κ2) is 54.7. The third-order valence-corrected chi connectivity index (χ3v) is 14.2. The Morgan fingerprint density at radius 1 is 0.418 bits per heavy atom. The van der Waals surface area contributed by atoms with Crippen molar-refractivity contribution >= 4 is 23.9 Å². The van der Waals surface area contributed by atoms with Crippen LogP contribution in [0.5, 0.6) is 0 Å². The molecular formula is C67H114O12. The molecule has 6 unspecified atom stereocenters. The molecule has 3 N–H and O–H groups in total. The third kappa shape index (κ3) is 44.5. The van der Waals surface area contributed by atoms with Crippen LogP contribution in [0.1, 0.15) is 278 Å². The molecule has 1 aliphatic heterocycles. The number of carboxylic acid groups (broad SMARTS) is 1. The van der Waals surface area contributed by atoms with Crippen LogP contribution in [0.3, 0.4) is 0 Å². The Hall–Kier alpha value is -3.84. The molecule has 1 saturated heterocycles. The fourth-order valence-corrected chi connectivity index (χ4v) is 9.28. The van der Waals surface area contributed by atoms with Gasteiger partial charge in [-0.25, -0.2) is 4.79 Å². The van der Waals surface area contributed by atoms with Crippen LogP contribution in [0.25, 0.3) is 0 Å². The lowest BCUT2D eigenvalue weighted by Gasteiger charge is -2.40. The van der Waals surface area contributed by atoms with Crippen molar-refractivity contribution in [3.05, 3.63) is 72.9 Å². The van der Waals surface area contributed by atoms with E-state index in [1.165, 1.54) is 89.9 Å². The van der Waals surface area contributed by atoms with E-state index in [-0.39, 0.29) is 25.9 Å². The summed E-state index contributed by atoms with van der Waals surface area (Å²) in [5.74, 6) is -3.15. The quantitative estimate of drug-likeness (QED) is 0.0228. The Labute approximate surface area is 480 Å².